The van der Waals surface area contributed by atoms with Crippen LogP contribution in [0.4, 0.5) is 4.39 Å². The Kier molecular flexibility index (Phi) is 5.00. The van der Waals surface area contributed by atoms with Crippen molar-refractivity contribution in [1.82, 2.24) is 4.90 Å². The lowest BCUT2D eigenvalue weighted by Crippen LogP contribution is -2.46. The summed E-state index contributed by atoms with van der Waals surface area (Å²) in [7, 11) is 0. The molecule has 2 rings (SSSR count). The van der Waals surface area contributed by atoms with E-state index in [1.165, 1.54) is 6.07 Å². The fourth-order valence-electron chi connectivity index (χ4n) is 2.79. The van der Waals surface area contributed by atoms with E-state index < -0.39 is 17.8 Å². The summed E-state index contributed by atoms with van der Waals surface area (Å²) >= 11 is 5.95. The van der Waals surface area contributed by atoms with Crippen LogP contribution in [0.5, 0.6) is 0 Å². The molecule has 2 unspecified atom stereocenters. The molecule has 20 heavy (non-hydrogen) atoms. The minimum absolute atomic E-state index is 0.0919. The molecule has 1 aliphatic rings. The number of carbonyl (C=O) groups is 1. The average molecular weight is 300 g/mol. The predicted molar refractivity (Wildman–Crippen MR) is 76.3 cm³/mol. The third kappa shape index (κ3) is 3.30. The molecule has 3 nitrogen and oxygen atoms in total. The fourth-order valence-corrected chi connectivity index (χ4v) is 2.98. The maximum atomic E-state index is 13.4. The van der Waals surface area contributed by atoms with E-state index in [-0.39, 0.29) is 5.02 Å². The molecule has 0 bridgehead atoms. The molecule has 0 saturated carbocycles. The number of benzene rings is 1. The summed E-state index contributed by atoms with van der Waals surface area (Å²) < 4.78 is 13.4. The summed E-state index contributed by atoms with van der Waals surface area (Å²) in [6, 6.07) is 4.15. The second-order valence-electron chi connectivity index (χ2n) is 5.34. The Balaban J connectivity index is 2.14. The van der Waals surface area contributed by atoms with E-state index >= 15 is 0 Å². The number of hydrogen-bond donors (Lipinski definition) is 1. The van der Waals surface area contributed by atoms with Crippen LogP contribution < -0.4 is 0 Å². The molecule has 2 atom stereocenters. The molecule has 1 saturated heterocycles. The highest BCUT2D eigenvalue weighted by molar-refractivity contribution is 6.31. The van der Waals surface area contributed by atoms with Crippen molar-refractivity contribution in [3.63, 3.8) is 0 Å². The Hall–Kier alpha value is -1.13. The van der Waals surface area contributed by atoms with Gasteiger partial charge >= 0.3 is 5.97 Å². The van der Waals surface area contributed by atoms with Crippen LogP contribution in [0, 0.1) is 11.7 Å². The zero-order chi connectivity index (χ0) is 14.7. The molecule has 0 amide bonds. The SMILES string of the molecule is CCC1CCN(Cc2cccc(F)c2Cl)C(C(=O)O)C1. The number of rotatable bonds is 4. The second-order valence-corrected chi connectivity index (χ2v) is 5.71. The van der Waals surface area contributed by atoms with Gasteiger partial charge in [0.2, 0.25) is 0 Å². The number of aliphatic carboxylic acids is 1. The molecule has 1 aromatic rings. The van der Waals surface area contributed by atoms with Gasteiger partial charge in [0.05, 0.1) is 5.02 Å². The van der Waals surface area contributed by atoms with Gasteiger partial charge in [0.1, 0.15) is 11.9 Å². The Morgan fingerprint density at radius 3 is 2.95 bits per heavy atom. The van der Waals surface area contributed by atoms with Crippen molar-refractivity contribution in [3.05, 3.63) is 34.6 Å². The first-order valence-electron chi connectivity index (χ1n) is 6.92. The molecular formula is C15H19ClFNO2. The van der Waals surface area contributed by atoms with E-state index in [0.717, 1.165) is 12.8 Å². The smallest absolute Gasteiger partial charge is 0.320 e. The van der Waals surface area contributed by atoms with E-state index in [0.29, 0.717) is 31.0 Å². The largest absolute Gasteiger partial charge is 0.480 e. The van der Waals surface area contributed by atoms with Crippen LogP contribution in [0.3, 0.4) is 0 Å². The maximum absolute atomic E-state index is 13.4. The van der Waals surface area contributed by atoms with Gasteiger partial charge in [-0.05, 0) is 36.9 Å². The number of piperidine rings is 1. The van der Waals surface area contributed by atoms with Gasteiger partial charge in [0, 0.05) is 6.54 Å². The lowest BCUT2D eigenvalue weighted by molar-refractivity contribution is -0.145. The topological polar surface area (TPSA) is 40.5 Å². The first-order chi connectivity index (χ1) is 9.52. The van der Waals surface area contributed by atoms with Gasteiger partial charge in [-0.15, -0.1) is 0 Å². The highest BCUT2D eigenvalue weighted by Crippen LogP contribution is 2.29. The van der Waals surface area contributed by atoms with Gasteiger partial charge in [-0.25, -0.2) is 4.39 Å². The van der Waals surface area contributed by atoms with Crippen LogP contribution in [0.1, 0.15) is 31.7 Å². The predicted octanol–water partition coefficient (Wildman–Crippen LogP) is 3.55. The first kappa shape index (κ1) is 15.3. The van der Waals surface area contributed by atoms with Gasteiger partial charge in [0.15, 0.2) is 0 Å². The zero-order valence-corrected chi connectivity index (χ0v) is 12.2. The molecule has 110 valence electrons. The summed E-state index contributed by atoms with van der Waals surface area (Å²) in [4.78, 5) is 13.3. The highest BCUT2D eigenvalue weighted by Gasteiger charge is 2.32. The molecule has 1 aliphatic heterocycles. The second kappa shape index (κ2) is 6.55. The van der Waals surface area contributed by atoms with Crippen molar-refractivity contribution in [2.45, 2.75) is 38.8 Å². The molecule has 5 heteroatoms. The van der Waals surface area contributed by atoms with Gasteiger partial charge in [0.25, 0.3) is 0 Å². The number of likely N-dealkylation sites (tertiary alicyclic amines) is 1. The number of carboxylic acids is 1. The van der Waals surface area contributed by atoms with Gasteiger partial charge in [-0.2, -0.15) is 0 Å². The number of carboxylic acid groups (broad SMARTS) is 1. The Morgan fingerprint density at radius 1 is 1.55 bits per heavy atom. The molecule has 1 heterocycles. The monoisotopic (exact) mass is 299 g/mol. The molecule has 0 aliphatic carbocycles. The van der Waals surface area contributed by atoms with Gasteiger partial charge in [-0.1, -0.05) is 37.1 Å². The van der Waals surface area contributed by atoms with Gasteiger partial charge < -0.3 is 5.11 Å². The number of hydrogen-bond acceptors (Lipinski definition) is 2. The van der Waals surface area contributed by atoms with Crippen LogP contribution in [0.15, 0.2) is 18.2 Å². The highest BCUT2D eigenvalue weighted by atomic mass is 35.5. The lowest BCUT2D eigenvalue weighted by atomic mass is 9.88. The molecule has 1 N–H and O–H groups in total. The third-order valence-corrected chi connectivity index (χ3v) is 4.51. The minimum Gasteiger partial charge on any atom is -0.480 e. The van der Waals surface area contributed by atoms with Gasteiger partial charge in [-0.3, -0.25) is 9.69 Å². The lowest BCUT2D eigenvalue weighted by Gasteiger charge is -2.37. The summed E-state index contributed by atoms with van der Waals surface area (Å²) in [5, 5.41) is 9.47. The van der Waals surface area contributed by atoms with Crippen LogP contribution in [0.2, 0.25) is 5.02 Å². The van der Waals surface area contributed by atoms with Crippen molar-refractivity contribution in [2.75, 3.05) is 6.54 Å². The van der Waals surface area contributed by atoms with Crippen molar-refractivity contribution >= 4 is 17.6 Å². The molecule has 1 fully saturated rings. The number of halogens is 2. The van der Waals surface area contributed by atoms with Crippen molar-refractivity contribution in [2.24, 2.45) is 5.92 Å². The minimum atomic E-state index is -0.810. The number of nitrogens with zero attached hydrogens (tertiary/aromatic N) is 1. The average Bonchev–Trinajstić information content (AvgIpc) is 2.44. The maximum Gasteiger partial charge on any atom is 0.320 e. The van der Waals surface area contributed by atoms with Crippen molar-refractivity contribution in [3.8, 4) is 0 Å². The third-order valence-electron chi connectivity index (χ3n) is 4.09. The molecular weight excluding hydrogens is 281 g/mol. The summed E-state index contributed by atoms with van der Waals surface area (Å²) in [5.74, 6) is -0.814. The van der Waals surface area contributed by atoms with E-state index in [9.17, 15) is 14.3 Å². The van der Waals surface area contributed by atoms with E-state index in [1.54, 1.807) is 12.1 Å². The Morgan fingerprint density at radius 2 is 2.30 bits per heavy atom. The van der Waals surface area contributed by atoms with Crippen LogP contribution >= 0.6 is 11.6 Å². The first-order valence-corrected chi connectivity index (χ1v) is 7.30. The quantitative estimate of drug-likeness (QED) is 0.924. The molecule has 1 aromatic carbocycles. The van der Waals surface area contributed by atoms with E-state index in [1.807, 2.05) is 4.90 Å². The Labute approximate surface area is 123 Å². The Bertz CT molecular complexity index is 495. The zero-order valence-electron chi connectivity index (χ0n) is 11.5. The van der Waals surface area contributed by atoms with Crippen molar-refractivity contribution in [1.29, 1.82) is 0 Å². The molecule has 0 spiro atoms. The fraction of sp³-hybridized carbons (Fsp3) is 0.533. The standard InChI is InChI=1S/C15H19ClFNO2/c1-2-10-6-7-18(13(8-10)15(19)20)9-11-4-3-5-12(17)14(11)16/h3-5,10,13H,2,6-9H2,1H3,(H,19,20). The normalized spacial score (nSPS) is 23.8. The van der Waals surface area contributed by atoms with Crippen LogP contribution in [0.25, 0.3) is 0 Å². The molecule has 0 radical (unpaired) electrons. The van der Waals surface area contributed by atoms with E-state index in [2.05, 4.69) is 6.92 Å². The van der Waals surface area contributed by atoms with Crippen LogP contribution in [-0.2, 0) is 11.3 Å². The van der Waals surface area contributed by atoms with Crippen molar-refractivity contribution < 1.29 is 14.3 Å². The summed E-state index contributed by atoms with van der Waals surface area (Å²) in [6.07, 6.45) is 2.63. The molecule has 0 aromatic heterocycles. The summed E-state index contributed by atoms with van der Waals surface area (Å²) in [6.45, 7) is 3.18. The van der Waals surface area contributed by atoms with E-state index in [4.69, 9.17) is 11.6 Å². The summed E-state index contributed by atoms with van der Waals surface area (Å²) in [5.41, 5.74) is 0.646. The van der Waals surface area contributed by atoms with Crippen LogP contribution in [-0.4, -0.2) is 28.6 Å².